The smallest absolute Gasteiger partial charge is 0.258 e. The first-order valence-electron chi connectivity index (χ1n) is 6.93. The van der Waals surface area contributed by atoms with Crippen LogP contribution in [0.1, 0.15) is 11.9 Å². The Labute approximate surface area is 144 Å². The van der Waals surface area contributed by atoms with Crippen LogP contribution >= 0.6 is 12.4 Å². The van der Waals surface area contributed by atoms with Gasteiger partial charge in [0.05, 0.1) is 6.04 Å². The first-order chi connectivity index (χ1) is 10.9. The number of hydrogen-bond donors (Lipinski definition) is 2. The van der Waals surface area contributed by atoms with Crippen molar-refractivity contribution in [3.8, 4) is 11.5 Å². The van der Waals surface area contributed by atoms with Crippen LogP contribution in [0.5, 0.6) is 0 Å². The number of rotatable bonds is 3. The minimum absolute atomic E-state index is 0. The van der Waals surface area contributed by atoms with Gasteiger partial charge in [-0.1, -0.05) is 5.16 Å². The van der Waals surface area contributed by atoms with Gasteiger partial charge in [0, 0.05) is 25.2 Å². The van der Waals surface area contributed by atoms with Crippen LogP contribution in [-0.4, -0.2) is 50.1 Å². The van der Waals surface area contributed by atoms with Gasteiger partial charge in [-0.25, -0.2) is 17.9 Å². The molecule has 1 aliphatic rings. The summed E-state index contributed by atoms with van der Waals surface area (Å²) in [6, 6.07) is 3.44. The lowest BCUT2D eigenvalue weighted by Gasteiger charge is -2.30. The van der Waals surface area contributed by atoms with E-state index >= 15 is 0 Å². The third-order valence-electron chi connectivity index (χ3n) is 3.74. The number of nitrogens with zero attached hydrogens (tertiary/aromatic N) is 3. The molecular formula is C13H17ClFN5O3S. The highest BCUT2D eigenvalue weighted by molar-refractivity contribution is 7.89. The second kappa shape index (κ2) is 7.11. The molecule has 3 N–H and O–H groups in total. The van der Waals surface area contributed by atoms with E-state index in [9.17, 15) is 12.8 Å². The van der Waals surface area contributed by atoms with E-state index < -0.39 is 20.7 Å². The molecule has 1 aromatic carbocycles. The molecule has 0 radical (unpaired) electrons. The lowest BCUT2D eigenvalue weighted by molar-refractivity contribution is 0.190. The molecule has 8 nitrogen and oxygen atoms in total. The summed E-state index contributed by atoms with van der Waals surface area (Å²) >= 11 is 0. The van der Waals surface area contributed by atoms with Crippen molar-refractivity contribution >= 4 is 22.4 Å². The fraction of sp³-hybridized carbons (Fsp3) is 0.385. The van der Waals surface area contributed by atoms with E-state index in [4.69, 9.17) is 9.66 Å². The van der Waals surface area contributed by atoms with Crippen LogP contribution < -0.4 is 10.5 Å². The Hall–Kier alpha value is -1.59. The standard InChI is InChI=1S/C13H16FN5O3S.ClH/c1-19-5-4-16-7-10(19)12-17-13(22-18-12)8-2-3-11(9(14)6-8)23(15,20)21;/h2-3,6,10,16H,4-5,7H2,1H3,(H2,15,20,21);1H. The van der Waals surface area contributed by atoms with Crippen LogP contribution in [-0.2, 0) is 10.0 Å². The number of primary sulfonamides is 1. The van der Waals surface area contributed by atoms with Gasteiger partial charge >= 0.3 is 0 Å². The summed E-state index contributed by atoms with van der Waals surface area (Å²) in [5, 5.41) is 12.1. The van der Waals surface area contributed by atoms with E-state index in [1.807, 2.05) is 7.05 Å². The van der Waals surface area contributed by atoms with Gasteiger partial charge in [-0.15, -0.1) is 12.4 Å². The molecule has 1 aliphatic heterocycles. The number of nitrogens with two attached hydrogens (primary N) is 1. The molecule has 1 saturated heterocycles. The van der Waals surface area contributed by atoms with Crippen molar-refractivity contribution in [2.24, 2.45) is 5.14 Å². The quantitative estimate of drug-likeness (QED) is 0.801. The van der Waals surface area contributed by atoms with Gasteiger partial charge in [0.2, 0.25) is 10.0 Å². The lowest BCUT2D eigenvalue weighted by atomic mass is 10.2. The van der Waals surface area contributed by atoms with Crippen LogP contribution in [0, 0.1) is 5.82 Å². The summed E-state index contributed by atoms with van der Waals surface area (Å²) in [5.41, 5.74) is 0.292. The number of sulfonamides is 1. The number of likely N-dealkylation sites (N-methyl/N-ethyl adjacent to an activating group) is 1. The van der Waals surface area contributed by atoms with E-state index in [2.05, 4.69) is 20.4 Å². The molecular weight excluding hydrogens is 361 g/mol. The Bertz CT molecular complexity index is 829. The van der Waals surface area contributed by atoms with Crippen molar-refractivity contribution in [1.29, 1.82) is 0 Å². The molecule has 0 amide bonds. The van der Waals surface area contributed by atoms with E-state index in [0.717, 1.165) is 25.2 Å². The number of piperazine rings is 1. The molecule has 132 valence electrons. The SMILES string of the molecule is CN1CCNCC1c1noc(-c2ccc(S(N)(=O)=O)c(F)c2)n1.Cl. The van der Waals surface area contributed by atoms with Gasteiger partial charge < -0.3 is 9.84 Å². The average molecular weight is 378 g/mol. The molecule has 3 rings (SSSR count). The number of benzene rings is 1. The van der Waals surface area contributed by atoms with Crippen molar-refractivity contribution in [3.05, 3.63) is 29.8 Å². The molecule has 0 spiro atoms. The molecule has 1 aromatic heterocycles. The number of aromatic nitrogens is 2. The molecule has 11 heteroatoms. The maximum Gasteiger partial charge on any atom is 0.258 e. The van der Waals surface area contributed by atoms with Crippen LogP contribution in [0.15, 0.2) is 27.6 Å². The van der Waals surface area contributed by atoms with E-state index in [1.165, 1.54) is 6.07 Å². The van der Waals surface area contributed by atoms with Gasteiger partial charge in [0.25, 0.3) is 5.89 Å². The van der Waals surface area contributed by atoms with Gasteiger partial charge in [-0.3, -0.25) is 4.90 Å². The topological polar surface area (TPSA) is 114 Å². The fourth-order valence-corrected chi connectivity index (χ4v) is 3.03. The third-order valence-corrected chi connectivity index (χ3v) is 4.68. The first kappa shape index (κ1) is 18.7. The minimum Gasteiger partial charge on any atom is -0.334 e. The average Bonchev–Trinajstić information content (AvgIpc) is 2.96. The van der Waals surface area contributed by atoms with Crippen LogP contribution in [0.3, 0.4) is 0 Å². The summed E-state index contributed by atoms with van der Waals surface area (Å²) in [7, 11) is -2.15. The zero-order valence-corrected chi connectivity index (χ0v) is 14.4. The Morgan fingerprint density at radius 2 is 2.21 bits per heavy atom. The molecule has 1 fully saturated rings. The maximum atomic E-state index is 13.9. The highest BCUT2D eigenvalue weighted by Gasteiger charge is 2.26. The number of hydrogen-bond acceptors (Lipinski definition) is 7. The molecule has 24 heavy (non-hydrogen) atoms. The summed E-state index contributed by atoms with van der Waals surface area (Å²) in [4.78, 5) is 5.80. The largest absolute Gasteiger partial charge is 0.334 e. The van der Waals surface area contributed by atoms with Crippen LogP contribution in [0.25, 0.3) is 11.5 Å². The van der Waals surface area contributed by atoms with Gasteiger partial charge in [-0.05, 0) is 25.2 Å². The Morgan fingerprint density at radius 3 is 2.83 bits per heavy atom. The molecule has 2 heterocycles. The third kappa shape index (κ3) is 3.73. The summed E-state index contributed by atoms with van der Waals surface area (Å²) in [6.45, 7) is 2.43. The van der Waals surface area contributed by atoms with Crippen LogP contribution in [0.2, 0.25) is 0 Å². The molecule has 2 aromatic rings. The number of halogens is 2. The highest BCUT2D eigenvalue weighted by atomic mass is 35.5. The van der Waals surface area contributed by atoms with Crippen molar-refractivity contribution in [2.75, 3.05) is 26.7 Å². The summed E-state index contributed by atoms with van der Waals surface area (Å²) < 4.78 is 41.5. The predicted molar refractivity (Wildman–Crippen MR) is 86.6 cm³/mol. The predicted octanol–water partition coefficient (Wildman–Crippen LogP) is 0.521. The molecule has 1 atom stereocenters. The molecule has 0 bridgehead atoms. The monoisotopic (exact) mass is 377 g/mol. The molecule has 1 unspecified atom stereocenters. The maximum absolute atomic E-state index is 13.9. The molecule has 0 aliphatic carbocycles. The fourth-order valence-electron chi connectivity index (χ4n) is 2.45. The second-order valence-corrected chi connectivity index (χ2v) is 6.88. The van der Waals surface area contributed by atoms with Crippen molar-refractivity contribution < 1.29 is 17.3 Å². The summed E-state index contributed by atoms with van der Waals surface area (Å²) in [6.07, 6.45) is 0. The van der Waals surface area contributed by atoms with E-state index in [-0.39, 0.29) is 24.3 Å². The van der Waals surface area contributed by atoms with Crippen molar-refractivity contribution in [2.45, 2.75) is 10.9 Å². The van der Waals surface area contributed by atoms with Crippen molar-refractivity contribution in [3.63, 3.8) is 0 Å². The van der Waals surface area contributed by atoms with E-state index in [1.54, 1.807) is 0 Å². The normalized spacial score (nSPS) is 19.0. The van der Waals surface area contributed by atoms with Gasteiger partial charge in [-0.2, -0.15) is 4.98 Å². The van der Waals surface area contributed by atoms with Gasteiger partial charge in [0.1, 0.15) is 10.7 Å². The van der Waals surface area contributed by atoms with Gasteiger partial charge in [0.15, 0.2) is 5.82 Å². The minimum atomic E-state index is -4.11. The Morgan fingerprint density at radius 1 is 1.46 bits per heavy atom. The second-order valence-electron chi connectivity index (χ2n) is 5.35. The first-order valence-corrected chi connectivity index (χ1v) is 8.48. The lowest BCUT2D eigenvalue weighted by Crippen LogP contribution is -2.44. The summed E-state index contributed by atoms with van der Waals surface area (Å²) in [5.74, 6) is -0.342. The molecule has 0 saturated carbocycles. The van der Waals surface area contributed by atoms with E-state index in [0.29, 0.717) is 17.9 Å². The zero-order chi connectivity index (χ0) is 16.6. The Balaban J connectivity index is 0.00000208. The highest BCUT2D eigenvalue weighted by Crippen LogP contribution is 2.25. The van der Waals surface area contributed by atoms with Crippen LogP contribution in [0.4, 0.5) is 4.39 Å². The van der Waals surface area contributed by atoms with Crippen molar-refractivity contribution in [1.82, 2.24) is 20.4 Å². The number of nitrogens with one attached hydrogen (secondary N) is 1. The zero-order valence-electron chi connectivity index (χ0n) is 12.8. The Kier molecular flexibility index (Phi) is 5.56.